The van der Waals surface area contributed by atoms with Crippen LogP contribution in [-0.4, -0.2) is 61.1 Å². The highest BCUT2D eigenvalue weighted by molar-refractivity contribution is 5.74. The van der Waals surface area contributed by atoms with E-state index in [-0.39, 0.29) is 6.03 Å². The number of rotatable bonds is 1. The van der Waals surface area contributed by atoms with Gasteiger partial charge in [-0.1, -0.05) is 6.07 Å². The zero-order valence-electron chi connectivity index (χ0n) is 10.3. The minimum absolute atomic E-state index is 0.0886. The maximum absolute atomic E-state index is 11.8. The van der Waals surface area contributed by atoms with Crippen LogP contribution in [0.15, 0.2) is 24.4 Å². The molecule has 2 rings (SSSR count). The SMILES string of the molecule is CN(C)C(=O)N1CCN(c2ccccn2)CC1. The summed E-state index contributed by atoms with van der Waals surface area (Å²) in [5.41, 5.74) is 0. The predicted octanol–water partition coefficient (Wildman–Crippen LogP) is 0.885. The van der Waals surface area contributed by atoms with E-state index in [4.69, 9.17) is 0 Å². The molecule has 1 fully saturated rings. The Hall–Kier alpha value is -1.78. The molecule has 0 saturated carbocycles. The Bertz CT molecular complexity index is 371. The summed E-state index contributed by atoms with van der Waals surface area (Å²) < 4.78 is 0. The highest BCUT2D eigenvalue weighted by Crippen LogP contribution is 2.12. The molecule has 17 heavy (non-hydrogen) atoms. The van der Waals surface area contributed by atoms with Crippen LogP contribution in [0, 0.1) is 0 Å². The third-order valence-electron chi connectivity index (χ3n) is 2.91. The van der Waals surface area contributed by atoms with Crippen molar-refractivity contribution < 1.29 is 4.79 Å². The van der Waals surface area contributed by atoms with Gasteiger partial charge in [-0.15, -0.1) is 0 Å². The fraction of sp³-hybridized carbons (Fsp3) is 0.500. The van der Waals surface area contributed by atoms with Crippen molar-refractivity contribution in [3.05, 3.63) is 24.4 Å². The number of pyridine rings is 1. The summed E-state index contributed by atoms with van der Waals surface area (Å²) in [5, 5.41) is 0. The van der Waals surface area contributed by atoms with Crippen LogP contribution in [0.3, 0.4) is 0 Å². The number of piperazine rings is 1. The Morgan fingerprint density at radius 3 is 2.47 bits per heavy atom. The molecule has 5 nitrogen and oxygen atoms in total. The Kier molecular flexibility index (Phi) is 3.46. The van der Waals surface area contributed by atoms with E-state index in [1.54, 1.807) is 25.2 Å². The number of carbonyl (C=O) groups excluding carboxylic acids is 1. The van der Waals surface area contributed by atoms with Crippen molar-refractivity contribution >= 4 is 11.8 Å². The second kappa shape index (κ2) is 5.03. The molecule has 0 N–H and O–H groups in total. The molecule has 1 aromatic heterocycles. The van der Waals surface area contributed by atoms with Crippen molar-refractivity contribution in [1.82, 2.24) is 14.8 Å². The van der Waals surface area contributed by atoms with Crippen LogP contribution in [-0.2, 0) is 0 Å². The van der Waals surface area contributed by atoms with Gasteiger partial charge in [-0.2, -0.15) is 0 Å². The molecule has 1 aliphatic rings. The summed E-state index contributed by atoms with van der Waals surface area (Å²) in [6.45, 7) is 3.20. The van der Waals surface area contributed by atoms with Crippen molar-refractivity contribution in [2.75, 3.05) is 45.2 Å². The second-order valence-corrected chi connectivity index (χ2v) is 4.34. The molecule has 1 saturated heterocycles. The van der Waals surface area contributed by atoms with Crippen LogP contribution >= 0.6 is 0 Å². The number of nitrogens with zero attached hydrogens (tertiary/aromatic N) is 4. The minimum Gasteiger partial charge on any atom is -0.353 e. The third kappa shape index (κ3) is 2.67. The molecule has 0 aliphatic carbocycles. The summed E-state index contributed by atoms with van der Waals surface area (Å²) in [5.74, 6) is 0.990. The monoisotopic (exact) mass is 234 g/mol. The highest BCUT2D eigenvalue weighted by Gasteiger charge is 2.22. The van der Waals surface area contributed by atoms with Crippen LogP contribution in [0.5, 0.6) is 0 Å². The van der Waals surface area contributed by atoms with Crippen LogP contribution in [0.1, 0.15) is 0 Å². The van der Waals surface area contributed by atoms with E-state index in [1.807, 2.05) is 23.1 Å². The smallest absolute Gasteiger partial charge is 0.319 e. The van der Waals surface area contributed by atoms with Crippen molar-refractivity contribution in [2.24, 2.45) is 0 Å². The van der Waals surface area contributed by atoms with E-state index in [0.717, 1.165) is 32.0 Å². The van der Waals surface area contributed by atoms with Gasteiger partial charge in [0, 0.05) is 46.5 Å². The predicted molar refractivity (Wildman–Crippen MR) is 67.1 cm³/mol. The third-order valence-corrected chi connectivity index (χ3v) is 2.91. The zero-order chi connectivity index (χ0) is 12.3. The largest absolute Gasteiger partial charge is 0.353 e. The van der Waals surface area contributed by atoms with Gasteiger partial charge in [0.1, 0.15) is 5.82 Å². The summed E-state index contributed by atoms with van der Waals surface area (Å²) in [6.07, 6.45) is 1.80. The Morgan fingerprint density at radius 1 is 1.24 bits per heavy atom. The van der Waals surface area contributed by atoms with Gasteiger partial charge in [-0.25, -0.2) is 9.78 Å². The first-order chi connectivity index (χ1) is 8.18. The maximum Gasteiger partial charge on any atom is 0.319 e. The first kappa shape index (κ1) is 11.7. The van der Waals surface area contributed by atoms with Crippen LogP contribution in [0.4, 0.5) is 10.6 Å². The normalized spacial score (nSPS) is 15.9. The van der Waals surface area contributed by atoms with E-state index >= 15 is 0 Å². The van der Waals surface area contributed by atoms with Gasteiger partial charge >= 0.3 is 6.03 Å². The van der Waals surface area contributed by atoms with Gasteiger partial charge in [0.05, 0.1) is 0 Å². The van der Waals surface area contributed by atoms with Crippen LogP contribution in [0.25, 0.3) is 0 Å². The van der Waals surface area contributed by atoms with Crippen molar-refractivity contribution in [2.45, 2.75) is 0 Å². The number of amides is 2. The van der Waals surface area contributed by atoms with E-state index in [1.165, 1.54) is 0 Å². The van der Waals surface area contributed by atoms with Gasteiger partial charge < -0.3 is 14.7 Å². The standard InChI is InChI=1S/C12H18N4O/c1-14(2)12(17)16-9-7-15(8-10-16)11-5-3-4-6-13-11/h3-6H,7-10H2,1-2H3. The number of carbonyl (C=O) groups is 1. The molecule has 0 bridgehead atoms. The van der Waals surface area contributed by atoms with Gasteiger partial charge in [0.25, 0.3) is 0 Å². The minimum atomic E-state index is 0.0886. The van der Waals surface area contributed by atoms with E-state index < -0.39 is 0 Å². The average Bonchev–Trinajstić information content (AvgIpc) is 2.39. The Morgan fingerprint density at radius 2 is 1.94 bits per heavy atom. The lowest BCUT2D eigenvalue weighted by Crippen LogP contribution is -2.51. The van der Waals surface area contributed by atoms with Gasteiger partial charge in [-0.3, -0.25) is 0 Å². The molecular formula is C12H18N4O. The van der Waals surface area contributed by atoms with Gasteiger partial charge in [0.15, 0.2) is 0 Å². The second-order valence-electron chi connectivity index (χ2n) is 4.34. The topological polar surface area (TPSA) is 39.7 Å². The number of aromatic nitrogens is 1. The lowest BCUT2D eigenvalue weighted by molar-refractivity contribution is 0.168. The molecule has 0 radical (unpaired) electrons. The van der Waals surface area contributed by atoms with Crippen LogP contribution < -0.4 is 4.90 Å². The lowest BCUT2D eigenvalue weighted by atomic mass is 10.3. The molecule has 1 aliphatic heterocycles. The highest BCUT2D eigenvalue weighted by atomic mass is 16.2. The summed E-state index contributed by atoms with van der Waals surface area (Å²) in [4.78, 5) is 21.8. The number of anilines is 1. The molecule has 2 amide bonds. The number of hydrogen-bond donors (Lipinski definition) is 0. The zero-order valence-corrected chi connectivity index (χ0v) is 10.3. The van der Waals surface area contributed by atoms with E-state index in [2.05, 4.69) is 9.88 Å². The van der Waals surface area contributed by atoms with Gasteiger partial charge in [0.2, 0.25) is 0 Å². The summed E-state index contributed by atoms with van der Waals surface area (Å²) in [6, 6.07) is 5.99. The molecule has 5 heteroatoms. The molecule has 92 valence electrons. The first-order valence-electron chi connectivity index (χ1n) is 5.80. The molecule has 0 atom stereocenters. The van der Waals surface area contributed by atoms with Crippen molar-refractivity contribution in [1.29, 1.82) is 0 Å². The molecule has 0 spiro atoms. The first-order valence-corrected chi connectivity index (χ1v) is 5.80. The summed E-state index contributed by atoms with van der Waals surface area (Å²) in [7, 11) is 3.57. The molecule has 1 aromatic rings. The van der Waals surface area contributed by atoms with Crippen molar-refractivity contribution in [3.63, 3.8) is 0 Å². The maximum atomic E-state index is 11.8. The van der Waals surface area contributed by atoms with Gasteiger partial charge in [-0.05, 0) is 12.1 Å². The Balaban J connectivity index is 1.93. The fourth-order valence-electron chi connectivity index (χ4n) is 1.95. The Labute approximate surface area is 102 Å². The summed E-state index contributed by atoms with van der Waals surface area (Å²) >= 11 is 0. The van der Waals surface area contributed by atoms with E-state index in [9.17, 15) is 4.79 Å². The number of hydrogen-bond acceptors (Lipinski definition) is 3. The lowest BCUT2D eigenvalue weighted by Gasteiger charge is -2.36. The average molecular weight is 234 g/mol. The molecule has 0 unspecified atom stereocenters. The van der Waals surface area contributed by atoms with E-state index in [0.29, 0.717) is 0 Å². The quantitative estimate of drug-likeness (QED) is 0.724. The molecule has 0 aromatic carbocycles. The number of urea groups is 1. The molecule has 2 heterocycles. The fourth-order valence-corrected chi connectivity index (χ4v) is 1.95. The van der Waals surface area contributed by atoms with Crippen LogP contribution in [0.2, 0.25) is 0 Å². The van der Waals surface area contributed by atoms with Crippen molar-refractivity contribution in [3.8, 4) is 0 Å². The molecular weight excluding hydrogens is 216 g/mol.